The predicted octanol–water partition coefficient (Wildman–Crippen LogP) is 1.58. The number of benzene rings is 1. The van der Waals surface area contributed by atoms with Crippen LogP contribution in [0, 0.1) is 6.92 Å². The Hall–Kier alpha value is -1.89. The molecule has 3 N–H and O–H groups in total. The largest absolute Gasteiger partial charge is 0.478 e. The van der Waals surface area contributed by atoms with E-state index in [1.54, 1.807) is 19.1 Å². The maximum atomic E-state index is 11.6. The Morgan fingerprint density at radius 2 is 2.05 bits per heavy atom. The van der Waals surface area contributed by atoms with E-state index in [0.717, 1.165) is 0 Å². The van der Waals surface area contributed by atoms with Crippen LogP contribution in [0.1, 0.15) is 22.8 Å². The lowest BCUT2D eigenvalue weighted by atomic mass is 10.1. The molecule has 1 aromatic rings. The number of carbonyl (C=O) groups excluding carboxylic acids is 1. The molecule has 7 heteroatoms. The van der Waals surface area contributed by atoms with E-state index in [2.05, 4.69) is 10.6 Å². The van der Waals surface area contributed by atoms with Gasteiger partial charge in [-0.1, -0.05) is 13.0 Å². The molecule has 1 aromatic carbocycles. The highest BCUT2D eigenvalue weighted by Crippen LogP contribution is 2.15. The molecule has 2 amide bonds. The van der Waals surface area contributed by atoms with Crippen molar-refractivity contribution in [2.24, 2.45) is 0 Å². The number of carboxylic acid groups (broad SMARTS) is 1. The molecule has 1 rings (SSSR count). The molecule has 0 saturated carbocycles. The number of anilines is 1. The van der Waals surface area contributed by atoms with Crippen LogP contribution in [0.15, 0.2) is 18.2 Å². The first-order valence-electron chi connectivity index (χ1n) is 6.17. The van der Waals surface area contributed by atoms with Gasteiger partial charge in [0, 0.05) is 34.5 Å². The molecule has 0 fully saturated rings. The zero-order valence-corrected chi connectivity index (χ0v) is 12.3. The van der Waals surface area contributed by atoms with Gasteiger partial charge in [-0.15, -0.1) is 0 Å². The third-order valence-electron chi connectivity index (χ3n) is 2.66. The molecular formula is C13H18N2O4S. The maximum absolute atomic E-state index is 11.6. The molecule has 1 unspecified atom stereocenters. The second-order valence-corrected chi connectivity index (χ2v) is 6.01. The molecule has 0 aromatic heterocycles. The molecule has 0 aliphatic carbocycles. The van der Waals surface area contributed by atoms with Crippen molar-refractivity contribution in [2.45, 2.75) is 13.8 Å². The van der Waals surface area contributed by atoms with Crippen LogP contribution in [0.2, 0.25) is 0 Å². The van der Waals surface area contributed by atoms with Crippen molar-refractivity contribution in [3.05, 3.63) is 29.3 Å². The van der Waals surface area contributed by atoms with Gasteiger partial charge in [-0.2, -0.15) is 0 Å². The summed E-state index contributed by atoms with van der Waals surface area (Å²) >= 11 is 0. The number of hydrogen-bond donors (Lipinski definition) is 3. The standard InChI is InChI=1S/C13H18N2O4S/c1-3-20(19)7-6-14-13(18)15-10-5-4-9(2)11(8-10)12(16)17/h4-5,8H,3,6-7H2,1-2H3,(H,16,17)(H2,14,15,18). The van der Waals surface area contributed by atoms with Crippen LogP contribution in [0.5, 0.6) is 0 Å². The summed E-state index contributed by atoms with van der Waals surface area (Å²) in [7, 11) is -0.923. The normalized spacial score (nSPS) is 11.7. The molecule has 0 spiro atoms. The Kier molecular flexibility index (Phi) is 6.17. The van der Waals surface area contributed by atoms with Crippen LogP contribution in [0.3, 0.4) is 0 Å². The highest BCUT2D eigenvalue weighted by molar-refractivity contribution is 7.84. The minimum absolute atomic E-state index is 0.148. The van der Waals surface area contributed by atoms with Crippen molar-refractivity contribution in [3.8, 4) is 0 Å². The second kappa shape index (κ2) is 7.64. The average molecular weight is 298 g/mol. The van der Waals surface area contributed by atoms with Gasteiger partial charge in [0.2, 0.25) is 0 Å². The SMILES string of the molecule is CCS(=O)CCNC(=O)Nc1ccc(C)c(C(=O)O)c1. The predicted molar refractivity (Wildman–Crippen MR) is 78.7 cm³/mol. The van der Waals surface area contributed by atoms with Crippen LogP contribution < -0.4 is 10.6 Å². The zero-order valence-electron chi connectivity index (χ0n) is 11.4. The van der Waals surface area contributed by atoms with Gasteiger partial charge in [-0.3, -0.25) is 4.21 Å². The van der Waals surface area contributed by atoms with Crippen LogP contribution >= 0.6 is 0 Å². The van der Waals surface area contributed by atoms with Crippen molar-refractivity contribution in [1.82, 2.24) is 5.32 Å². The Morgan fingerprint density at radius 1 is 1.35 bits per heavy atom. The quantitative estimate of drug-likeness (QED) is 0.743. The summed E-state index contributed by atoms with van der Waals surface area (Å²) in [4.78, 5) is 22.6. The van der Waals surface area contributed by atoms with E-state index in [-0.39, 0.29) is 5.56 Å². The lowest BCUT2D eigenvalue weighted by molar-refractivity contribution is 0.0696. The second-order valence-electron chi connectivity index (χ2n) is 4.15. The molecule has 1 atom stereocenters. The highest BCUT2D eigenvalue weighted by atomic mass is 32.2. The molecule has 0 radical (unpaired) electrons. The van der Waals surface area contributed by atoms with Crippen LogP contribution in [0.4, 0.5) is 10.5 Å². The summed E-state index contributed by atoms with van der Waals surface area (Å²) in [6.45, 7) is 3.81. The number of nitrogens with one attached hydrogen (secondary N) is 2. The third-order valence-corrected chi connectivity index (χ3v) is 3.97. The Morgan fingerprint density at radius 3 is 2.65 bits per heavy atom. The molecule has 0 saturated heterocycles. The number of hydrogen-bond acceptors (Lipinski definition) is 3. The van der Waals surface area contributed by atoms with Gasteiger partial charge >= 0.3 is 12.0 Å². The van der Waals surface area contributed by atoms with E-state index in [9.17, 15) is 13.8 Å². The van der Waals surface area contributed by atoms with E-state index < -0.39 is 22.8 Å². The lowest BCUT2D eigenvalue weighted by Gasteiger charge is -2.09. The third kappa shape index (κ3) is 5.00. The fourth-order valence-corrected chi connectivity index (χ4v) is 2.15. The van der Waals surface area contributed by atoms with E-state index in [4.69, 9.17) is 5.11 Å². The molecular weight excluding hydrogens is 280 g/mol. The van der Waals surface area contributed by atoms with E-state index in [0.29, 0.717) is 29.3 Å². The summed E-state index contributed by atoms with van der Waals surface area (Å²) in [5.41, 5.74) is 1.18. The smallest absolute Gasteiger partial charge is 0.336 e. The Balaban J connectivity index is 2.56. The molecule has 6 nitrogen and oxygen atoms in total. The van der Waals surface area contributed by atoms with Gasteiger partial charge in [-0.25, -0.2) is 9.59 Å². The van der Waals surface area contributed by atoms with Crippen molar-refractivity contribution in [1.29, 1.82) is 0 Å². The van der Waals surface area contributed by atoms with Crippen molar-refractivity contribution in [2.75, 3.05) is 23.4 Å². The maximum Gasteiger partial charge on any atom is 0.336 e. The van der Waals surface area contributed by atoms with Gasteiger partial charge in [0.15, 0.2) is 0 Å². The van der Waals surface area contributed by atoms with Crippen LogP contribution in [-0.4, -0.2) is 39.4 Å². The first-order valence-corrected chi connectivity index (χ1v) is 7.66. The first kappa shape index (κ1) is 16.2. The van der Waals surface area contributed by atoms with E-state index in [1.165, 1.54) is 6.07 Å². The summed E-state index contributed by atoms with van der Waals surface area (Å²) in [6, 6.07) is 4.22. The lowest BCUT2D eigenvalue weighted by Crippen LogP contribution is -2.32. The monoisotopic (exact) mass is 298 g/mol. The number of amides is 2. The van der Waals surface area contributed by atoms with Crippen molar-refractivity contribution >= 4 is 28.5 Å². The summed E-state index contributed by atoms with van der Waals surface area (Å²) < 4.78 is 11.2. The van der Waals surface area contributed by atoms with Gasteiger partial charge in [0.1, 0.15) is 0 Å². The van der Waals surface area contributed by atoms with Gasteiger partial charge in [0.25, 0.3) is 0 Å². The molecule has 0 aliphatic heterocycles. The highest BCUT2D eigenvalue weighted by Gasteiger charge is 2.09. The number of carbonyl (C=O) groups is 2. The fraction of sp³-hybridized carbons (Fsp3) is 0.385. The average Bonchev–Trinajstić information content (AvgIpc) is 2.40. The van der Waals surface area contributed by atoms with Gasteiger partial charge in [-0.05, 0) is 24.6 Å². The Labute approximate surface area is 120 Å². The molecule has 0 aliphatic rings. The van der Waals surface area contributed by atoms with Crippen molar-refractivity contribution < 1.29 is 18.9 Å². The topological polar surface area (TPSA) is 95.5 Å². The minimum Gasteiger partial charge on any atom is -0.478 e. The molecule has 20 heavy (non-hydrogen) atoms. The molecule has 0 heterocycles. The molecule has 0 bridgehead atoms. The summed E-state index contributed by atoms with van der Waals surface area (Å²) in [5, 5.41) is 14.1. The van der Waals surface area contributed by atoms with E-state index in [1.807, 2.05) is 6.92 Å². The summed E-state index contributed by atoms with van der Waals surface area (Å²) in [5.74, 6) is -0.0774. The van der Waals surface area contributed by atoms with Gasteiger partial charge in [0.05, 0.1) is 5.56 Å². The van der Waals surface area contributed by atoms with Gasteiger partial charge < -0.3 is 15.7 Å². The number of carboxylic acids is 1. The fourth-order valence-electron chi connectivity index (χ4n) is 1.53. The van der Waals surface area contributed by atoms with Crippen LogP contribution in [-0.2, 0) is 10.8 Å². The number of rotatable bonds is 6. The van der Waals surface area contributed by atoms with Crippen LogP contribution in [0.25, 0.3) is 0 Å². The number of aryl methyl sites for hydroxylation is 1. The Bertz CT molecular complexity index is 531. The first-order chi connectivity index (χ1) is 9.43. The van der Waals surface area contributed by atoms with Crippen molar-refractivity contribution in [3.63, 3.8) is 0 Å². The summed E-state index contributed by atoms with van der Waals surface area (Å²) in [6.07, 6.45) is 0. The van der Waals surface area contributed by atoms with E-state index >= 15 is 0 Å². The number of aromatic carboxylic acids is 1. The number of urea groups is 1. The zero-order chi connectivity index (χ0) is 15.1. The minimum atomic E-state index is -1.04. The molecule has 110 valence electrons.